The Balaban J connectivity index is 1.60. The second kappa shape index (κ2) is 9.46. The molecule has 0 bridgehead atoms. The normalized spacial score (nSPS) is 11.4. The average molecular weight is 535 g/mol. The zero-order valence-corrected chi connectivity index (χ0v) is 21.6. The minimum atomic E-state index is -0.597. The maximum absolute atomic E-state index is 14.2. The van der Waals surface area contributed by atoms with Gasteiger partial charge < -0.3 is 15.5 Å². The van der Waals surface area contributed by atoms with Crippen molar-refractivity contribution >= 4 is 44.6 Å². The van der Waals surface area contributed by atoms with E-state index in [0.717, 1.165) is 27.5 Å². The highest BCUT2D eigenvalue weighted by Gasteiger charge is 2.20. The van der Waals surface area contributed by atoms with Crippen molar-refractivity contribution in [3.8, 4) is 16.8 Å². The molecule has 198 valence electrons. The maximum Gasteiger partial charge on any atom is 0.338 e. The lowest BCUT2D eigenvalue weighted by Gasteiger charge is -2.15. The minimum Gasteiger partial charge on any atom is -0.462 e. The van der Waals surface area contributed by atoms with Crippen molar-refractivity contribution in [2.75, 3.05) is 6.61 Å². The van der Waals surface area contributed by atoms with Gasteiger partial charge in [0.05, 0.1) is 34.3 Å². The summed E-state index contributed by atoms with van der Waals surface area (Å²) in [4.78, 5) is 45.5. The summed E-state index contributed by atoms with van der Waals surface area (Å²) in [5.74, 6) is -1.61. The molecule has 9 heteroatoms. The third kappa shape index (κ3) is 3.82. The summed E-state index contributed by atoms with van der Waals surface area (Å²) in [6, 6.07) is 18.5. The predicted molar refractivity (Wildman–Crippen MR) is 151 cm³/mol. The standard InChI is InChI=1S/C31H23FN4O4/c1-3-40-31(39)17-10-11-20-24(14-17)35-28-21(29(33)37)13-12-19(26(20)28)18-6-5-9-25(16(18)2)36-15-34-27-22(30(36)38)7-4-8-23(27)32/h4-15,35H,3H2,1-2H3,(H2,33,37). The molecule has 6 aromatic rings. The molecule has 1 amide bonds. The van der Waals surface area contributed by atoms with Crippen LogP contribution in [-0.4, -0.2) is 33.0 Å². The monoisotopic (exact) mass is 534 g/mol. The number of carbonyl (C=O) groups excluding carboxylic acids is 2. The van der Waals surface area contributed by atoms with Crippen LogP contribution in [-0.2, 0) is 4.74 Å². The molecule has 40 heavy (non-hydrogen) atoms. The molecular weight excluding hydrogens is 511 g/mol. The summed E-state index contributed by atoms with van der Waals surface area (Å²) in [5.41, 5.74) is 10.1. The number of ether oxygens (including phenoxy) is 1. The third-order valence-electron chi connectivity index (χ3n) is 7.12. The molecule has 2 heterocycles. The number of carbonyl (C=O) groups is 2. The summed E-state index contributed by atoms with van der Waals surface area (Å²) in [6.45, 7) is 3.87. The van der Waals surface area contributed by atoms with Gasteiger partial charge >= 0.3 is 5.97 Å². The molecule has 0 atom stereocenters. The van der Waals surface area contributed by atoms with Gasteiger partial charge in [-0.1, -0.05) is 30.3 Å². The van der Waals surface area contributed by atoms with Crippen LogP contribution in [0.5, 0.6) is 0 Å². The Hall–Kier alpha value is -5.31. The first kappa shape index (κ1) is 25.0. The SMILES string of the molecule is CCOC(=O)c1ccc2c(c1)[nH]c1c(C(N)=O)ccc(-c3cccc(-n4cnc5c(F)cccc5c4=O)c3C)c12. The lowest BCUT2D eigenvalue weighted by molar-refractivity contribution is 0.0526. The van der Waals surface area contributed by atoms with Crippen LogP contribution in [0.1, 0.15) is 33.2 Å². The molecule has 4 aromatic carbocycles. The van der Waals surface area contributed by atoms with E-state index in [1.807, 2.05) is 25.1 Å². The number of aromatic amines is 1. The van der Waals surface area contributed by atoms with E-state index < -0.39 is 23.3 Å². The largest absolute Gasteiger partial charge is 0.462 e. The Morgan fingerprint density at radius 1 is 1.02 bits per heavy atom. The average Bonchev–Trinajstić information content (AvgIpc) is 3.33. The topological polar surface area (TPSA) is 120 Å². The van der Waals surface area contributed by atoms with E-state index in [9.17, 15) is 18.8 Å². The van der Waals surface area contributed by atoms with Gasteiger partial charge in [0.1, 0.15) is 17.7 Å². The fourth-order valence-corrected chi connectivity index (χ4v) is 5.25. The number of nitrogens with two attached hydrogens (primary N) is 1. The third-order valence-corrected chi connectivity index (χ3v) is 7.12. The highest BCUT2D eigenvalue weighted by molar-refractivity contribution is 6.20. The van der Waals surface area contributed by atoms with E-state index >= 15 is 0 Å². The van der Waals surface area contributed by atoms with Crippen molar-refractivity contribution in [1.82, 2.24) is 14.5 Å². The first-order valence-corrected chi connectivity index (χ1v) is 12.6. The molecule has 8 nitrogen and oxygen atoms in total. The number of H-pyrrole nitrogens is 1. The summed E-state index contributed by atoms with van der Waals surface area (Å²) in [6.07, 6.45) is 1.33. The number of halogens is 1. The van der Waals surface area contributed by atoms with Gasteiger partial charge in [0, 0.05) is 16.3 Å². The smallest absolute Gasteiger partial charge is 0.338 e. The molecule has 0 unspecified atom stereocenters. The number of hydrogen-bond acceptors (Lipinski definition) is 5. The molecule has 3 N–H and O–H groups in total. The van der Waals surface area contributed by atoms with Gasteiger partial charge in [-0.2, -0.15) is 0 Å². The van der Waals surface area contributed by atoms with E-state index in [1.54, 1.807) is 43.3 Å². The molecule has 6 rings (SSSR count). The second-order valence-corrected chi connectivity index (χ2v) is 9.39. The Labute approximate surface area is 226 Å². The van der Waals surface area contributed by atoms with Crippen LogP contribution in [0.25, 0.3) is 49.5 Å². The molecule has 0 fully saturated rings. The molecule has 0 aliphatic heterocycles. The fraction of sp³-hybridized carbons (Fsp3) is 0.0968. The summed E-state index contributed by atoms with van der Waals surface area (Å²) >= 11 is 0. The number of hydrogen-bond donors (Lipinski definition) is 2. The molecule has 0 spiro atoms. The zero-order valence-electron chi connectivity index (χ0n) is 21.6. The summed E-state index contributed by atoms with van der Waals surface area (Å²) in [7, 11) is 0. The Kier molecular flexibility index (Phi) is 5.91. The second-order valence-electron chi connectivity index (χ2n) is 9.39. The van der Waals surface area contributed by atoms with E-state index in [2.05, 4.69) is 9.97 Å². The van der Waals surface area contributed by atoms with Crippen molar-refractivity contribution in [1.29, 1.82) is 0 Å². The van der Waals surface area contributed by atoms with Crippen molar-refractivity contribution in [2.45, 2.75) is 13.8 Å². The number of benzene rings is 4. The van der Waals surface area contributed by atoms with Crippen molar-refractivity contribution in [2.24, 2.45) is 5.73 Å². The highest BCUT2D eigenvalue weighted by atomic mass is 19.1. The summed E-state index contributed by atoms with van der Waals surface area (Å²) in [5, 5.41) is 1.70. The Bertz CT molecular complexity index is 2080. The highest BCUT2D eigenvalue weighted by Crippen LogP contribution is 2.39. The van der Waals surface area contributed by atoms with E-state index in [4.69, 9.17) is 10.5 Å². The number of esters is 1. The number of nitrogens with one attached hydrogen (secondary N) is 1. The van der Waals surface area contributed by atoms with Gasteiger partial charge in [-0.3, -0.25) is 14.2 Å². The summed E-state index contributed by atoms with van der Waals surface area (Å²) < 4.78 is 20.8. The molecule has 0 saturated heterocycles. The van der Waals surface area contributed by atoms with E-state index in [1.165, 1.54) is 23.0 Å². The maximum atomic E-state index is 14.2. The van der Waals surface area contributed by atoms with Gasteiger partial charge in [-0.25, -0.2) is 14.2 Å². The van der Waals surface area contributed by atoms with Crippen LogP contribution in [0.3, 0.4) is 0 Å². The molecule has 0 aliphatic carbocycles. The van der Waals surface area contributed by atoms with Crippen molar-refractivity contribution < 1.29 is 18.7 Å². The van der Waals surface area contributed by atoms with Crippen LogP contribution < -0.4 is 11.3 Å². The number of rotatable bonds is 5. The molecule has 0 aliphatic rings. The molecule has 2 aromatic heterocycles. The first-order valence-electron chi connectivity index (χ1n) is 12.6. The Morgan fingerprint density at radius 3 is 2.60 bits per heavy atom. The number of amides is 1. The minimum absolute atomic E-state index is 0.0160. The number of para-hydroxylation sites is 1. The van der Waals surface area contributed by atoms with Crippen LogP contribution >= 0.6 is 0 Å². The van der Waals surface area contributed by atoms with Crippen LogP contribution in [0.15, 0.2) is 77.9 Å². The zero-order chi connectivity index (χ0) is 28.1. The first-order chi connectivity index (χ1) is 19.3. The van der Waals surface area contributed by atoms with Crippen LogP contribution in [0.2, 0.25) is 0 Å². The van der Waals surface area contributed by atoms with Gasteiger partial charge in [0.15, 0.2) is 0 Å². The Morgan fingerprint density at radius 2 is 1.82 bits per heavy atom. The van der Waals surface area contributed by atoms with Crippen molar-refractivity contribution in [3.63, 3.8) is 0 Å². The number of aromatic nitrogens is 3. The van der Waals surface area contributed by atoms with E-state index in [0.29, 0.717) is 27.8 Å². The fourth-order valence-electron chi connectivity index (χ4n) is 5.25. The lowest BCUT2D eigenvalue weighted by atomic mass is 9.93. The van der Waals surface area contributed by atoms with Crippen molar-refractivity contribution in [3.05, 3.63) is 106 Å². The number of primary amides is 1. The number of nitrogens with zero attached hydrogens (tertiary/aromatic N) is 2. The van der Waals surface area contributed by atoms with Crippen LogP contribution in [0, 0.1) is 12.7 Å². The molecule has 0 radical (unpaired) electrons. The van der Waals surface area contributed by atoms with Gasteiger partial charge in [-0.05, 0) is 66.9 Å². The lowest BCUT2D eigenvalue weighted by Crippen LogP contribution is -2.20. The van der Waals surface area contributed by atoms with Crippen LogP contribution in [0.4, 0.5) is 4.39 Å². The predicted octanol–water partition coefficient (Wildman–Crippen LogP) is 5.41. The molecule has 0 saturated carbocycles. The van der Waals surface area contributed by atoms with Gasteiger partial charge in [0.2, 0.25) is 0 Å². The quantitative estimate of drug-likeness (QED) is 0.287. The van der Waals surface area contributed by atoms with Gasteiger partial charge in [-0.15, -0.1) is 0 Å². The van der Waals surface area contributed by atoms with Gasteiger partial charge in [0.25, 0.3) is 11.5 Å². The molecular formula is C31H23FN4O4. The number of fused-ring (bicyclic) bond motifs is 4. The van der Waals surface area contributed by atoms with E-state index in [-0.39, 0.29) is 17.5 Å².